The topological polar surface area (TPSA) is 73.5 Å². The molecule has 0 radical (unpaired) electrons. The molecule has 2 aromatic heterocycles. The average Bonchev–Trinajstić information content (AvgIpc) is 3.74. The predicted molar refractivity (Wildman–Crippen MR) is 216 cm³/mol. The van der Waals surface area contributed by atoms with Crippen LogP contribution in [0.3, 0.4) is 0 Å². The average molecular weight is 741 g/mol. The van der Waals surface area contributed by atoms with E-state index in [0.717, 1.165) is 22.8 Å². The summed E-state index contributed by atoms with van der Waals surface area (Å²) in [5, 5.41) is 12.0. The first kappa shape index (κ1) is 34.4. The van der Waals surface area contributed by atoms with Gasteiger partial charge in [-0.1, -0.05) is 87.1 Å². The molecule has 4 aliphatic rings. The van der Waals surface area contributed by atoms with Gasteiger partial charge in [-0.15, -0.1) is 23.5 Å². The SMILES string of the molecule is COC(=O)c1ccc2c(C3CCCCC3)c3n(c2c1)CSc1ccccc1-3.O=C(O)c1ccc2c(C3CCCCC3)c3n(c2c1)CSc1ccccc1-3. The zero-order valence-corrected chi connectivity index (χ0v) is 31.7. The number of hydrogen-bond donors (Lipinski definition) is 1. The van der Waals surface area contributed by atoms with Crippen LogP contribution in [0.5, 0.6) is 0 Å². The predicted octanol–water partition coefficient (Wildman–Crippen LogP) is 12.3. The molecule has 0 amide bonds. The summed E-state index contributed by atoms with van der Waals surface area (Å²) in [5.41, 5.74) is 11.5. The van der Waals surface area contributed by atoms with E-state index in [1.54, 1.807) is 6.07 Å². The lowest BCUT2D eigenvalue weighted by Crippen LogP contribution is -2.09. The Bertz CT molecular complexity index is 2380. The molecule has 2 aliphatic heterocycles. The largest absolute Gasteiger partial charge is 0.478 e. The van der Waals surface area contributed by atoms with Crippen LogP contribution in [0, 0.1) is 0 Å². The van der Waals surface area contributed by atoms with Gasteiger partial charge in [0.1, 0.15) is 0 Å². The molecule has 270 valence electrons. The number of nitrogens with zero attached hydrogens (tertiary/aromatic N) is 2. The third-order valence-electron chi connectivity index (χ3n) is 11.9. The molecular formula is C45H44N2O4S2. The van der Waals surface area contributed by atoms with Gasteiger partial charge >= 0.3 is 11.9 Å². The highest BCUT2D eigenvalue weighted by Crippen LogP contribution is 2.51. The lowest BCUT2D eigenvalue weighted by Gasteiger charge is -2.26. The maximum absolute atomic E-state index is 12.1. The minimum Gasteiger partial charge on any atom is -0.478 e. The van der Waals surface area contributed by atoms with Crippen LogP contribution < -0.4 is 0 Å². The molecule has 53 heavy (non-hydrogen) atoms. The van der Waals surface area contributed by atoms with E-state index in [1.807, 2.05) is 47.8 Å². The standard InChI is InChI=1S/C23H23NO2S.C22H21NO2S/c1-26-23(25)16-11-12-17-19(13-16)24-14-27-20-10-6-5-9-18(20)22(24)21(17)15-7-3-2-4-8-15;24-22(25)15-10-11-16-18(12-15)23-13-26-19-9-5-4-8-17(19)21(23)20(16)14-6-2-1-3-7-14/h5-6,9-13,15H,2-4,7-8,14H2,1H3;4-5,8-12,14H,1-3,6-7,13H2,(H,24,25). The van der Waals surface area contributed by atoms with Gasteiger partial charge in [0, 0.05) is 31.7 Å². The molecule has 6 nitrogen and oxygen atoms in total. The number of carbonyl (C=O) groups is 2. The number of thioether (sulfide) groups is 2. The Labute approximate surface area is 318 Å². The number of benzene rings is 4. The number of carbonyl (C=O) groups excluding carboxylic acids is 1. The van der Waals surface area contributed by atoms with Crippen LogP contribution in [0.15, 0.2) is 94.7 Å². The van der Waals surface area contributed by atoms with Crippen molar-refractivity contribution in [1.29, 1.82) is 0 Å². The van der Waals surface area contributed by atoms with Crippen LogP contribution in [0.25, 0.3) is 44.3 Å². The van der Waals surface area contributed by atoms with Gasteiger partial charge in [0.25, 0.3) is 0 Å². The molecule has 0 atom stereocenters. The smallest absolute Gasteiger partial charge is 0.337 e. The Kier molecular flexibility index (Phi) is 9.37. The number of fused-ring (bicyclic) bond motifs is 10. The molecule has 6 aromatic rings. The summed E-state index contributed by atoms with van der Waals surface area (Å²) in [4.78, 5) is 26.3. The monoisotopic (exact) mass is 740 g/mol. The van der Waals surface area contributed by atoms with Crippen molar-refractivity contribution >= 4 is 57.3 Å². The van der Waals surface area contributed by atoms with Gasteiger partial charge in [0.2, 0.25) is 0 Å². The summed E-state index contributed by atoms with van der Waals surface area (Å²) < 4.78 is 9.72. The van der Waals surface area contributed by atoms with Gasteiger partial charge in [-0.3, -0.25) is 0 Å². The molecule has 2 aliphatic carbocycles. The van der Waals surface area contributed by atoms with Crippen LogP contribution in [-0.2, 0) is 16.5 Å². The lowest BCUT2D eigenvalue weighted by molar-refractivity contribution is 0.0600. The van der Waals surface area contributed by atoms with E-state index in [1.165, 1.54) is 126 Å². The fourth-order valence-corrected chi connectivity index (χ4v) is 11.5. The number of methoxy groups -OCH3 is 1. The summed E-state index contributed by atoms with van der Waals surface area (Å²) >= 11 is 3.71. The van der Waals surface area contributed by atoms with E-state index in [2.05, 4.69) is 63.7 Å². The molecule has 4 heterocycles. The zero-order chi connectivity index (χ0) is 36.1. The van der Waals surface area contributed by atoms with Crippen LogP contribution >= 0.6 is 23.5 Å². The van der Waals surface area contributed by atoms with Crippen LogP contribution in [0.4, 0.5) is 0 Å². The highest BCUT2D eigenvalue weighted by molar-refractivity contribution is 7.98. The Morgan fingerprint density at radius 2 is 1.08 bits per heavy atom. The Hall–Kier alpha value is -4.40. The first-order chi connectivity index (χ1) is 26.0. The first-order valence-electron chi connectivity index (χ1n) is 19.1. The van der Waals surface area contributed by atoms with Crippen molar-refractivity contribution in [3.8, 4) is 22.5 Å². The van der Waals surface area contributed by atoms with E-state index in [9.17, 15) is 14.7 Å². The van der Waals surface area contributed by atoms with Crippen molar-refractivity contribution in [2.45, 2.75) is 97.6 Å². The molecule has 0 bridgehead atoms. The number of ether oxygens (including phenoxy) is 1. The molecule has 10 rings (SSSR count). The number of aromatic carboxylic acids is 1. The molecular weight excluding hydrogens is 697 g/mol. The molecule has 8 heteroatoms. The molecule has 0 saturated heterocycles. The minimum atomic E-state index is -0.856. The highest BCUT2D eigenvalue weighted by Gasteiger charge is 2.31. The van der Waals surface area contributed by atoms with Crippen molar-refractivity contribution in [1.82, 2.24) is 9.13 Å². The van der Waals surface area contributed by atoms with Gasteiger partial charge in [0.05, 0.1) is 52.4 Å². The van der Waals surface area contributed by atoms with E-state index < -0.39 is 5.97 Å². The Morgan fingerprint density at radius 3 is 1.55 bits per heavy atom. The van der Waals surface area contributed by atoms with E-state index in [0.29, 0.717) is 23.0 Å². The first-order valence-corrected chi connectivity index (χ1v) is 21.1. The van der Waals surface area contributed by atoms with E-state index in [4.69, 9.17) is 4.74 Å². The number of rotatable bonds is 4. The van der Waals surface area contributed by atoms with Crippen molar-refractivity contribution in [3.05, 3.63) is 107 Å². The number of esters is 1. The fraction of sp³-hybridized carbons (Fsp3) is 0.333. The maximum Gasteiger partial charge on any atom is 0.337 e. The molecule has 2 fully saturated rings. The molecule has 2 saturated carbocycles. The van der Waals surface area contributed by atoms with Crippen LogP contribution in [0.1, 0.15) is 108 Å². The summed E-state index contributed by atoms with van der Waals surface area (Å²) in [7, 11) is 1.44. The molecule has 0 unspecified atom stereocenters. The zero-order valence-electron chi connectivity index (χ0n) is 30.1. The van der Waals surface area contributed by atoms with Crippen LogP contribution in [0.2, 0.25) is 0 Å². The Morgan fingerprint density at radius 1 is 0.623 bits per heavy atom. The summed E-state index contributed by atoms with van der Waals surface area (Å²) in [5.74, 6) is 1.80. The van der Waals surface area contributed by atoms with Gasteiger partial charge in [-0.2, -0.15) is 0 Å². The summed E-state index contributed by atoms with van der Waals surface area (Å²) in [6.07, 6.45) is 12.9. The third-order valence-corrected chi connectivity index (χ3v) is 14.0. The maximum atomic E-state index is 12.1. The van der Waals surface area contributed by atoms with E-state index >= 15 is 0 Å². The van der Waals surface area contributed by atoms with Crippen molar-refractivity contribution in [2.75, 3.05) is 7.11 Å². The normalized spacial score (nSPS) is 16.9. The second kappa shape index (κ2) is 14.4. The van der Waals surface area contributed by atoms with Crippen molar-refractivity contribution < 1.29 is 19.4 Å². The Balaban J connectivity index is 0.000000141. The van der Waals surface area contributed by atoms with Crippen molar-refractivity contribution in [2.24, 2.45) is 0 Å². The molecule has 0 spiro atoms. The van der Waals surface area contributed by atoms with Crippen molar-refractivity contribution in [3.63, 3.8) is 0 Å². The minimum absolute atomic E-state index is 0.268. The fourth-order valence-electron chi connectivity index (χ4n) is 9.43. The number of carboxylic acid groups (broad SMARTS) is 1. The van der Waals surface area contributed by atoms with Gasteiger partial charge < -0.3 is 19.0 Å². The third kappa shape index (κ3) is 6.08. The number of hydrogen-bond acceptors (Lipinski definition) is 5. The molecule has 4 aromatic carbocycles. The lowest BCUT2D eigenvalue weighted by atomic mass is 9.81. The van der Waals surface area contributed by atoms with Gasteiger partial charge in [0.15, 0.2) is 0 Å². The second-order valence-corrected chi connectivity index (χ2v) is 16.8. The number of aromatic nitrogens is 2. The quantitative estimate of drug-likeness (QED) is 0.181. The second-order valence-electron chi connectivity index (χ2n) is 14.9. The van der Waals surface area contributed by atoms with Gasteiger partial charge in [-0.05, 0) is 85.0 Å². The van der Waals surface area contributed by atoms with E-state index in [-0.39, 0.29) is 5.97 Å². The number of carboxylic acids is 1. The van der Waals surface area contributed by atoms with Crippen LogP contribution in [-0.4, -0.2) is 33.3 Å². The molecule has 1 N–H and O–H groups in total. The highest BCUT2D eigenvalue weighted by atomic mass is 32.2. The summed E-state index contributed by atoms with van der Waals surface area (Å²) in [6.45, 7) is 0. The summed E-state index contributed by atoms with van der Waals surface area (Å²) in [6, 6.07) is 29.1. The van der Waals surface area contributed by atoms with Gasteiger partial charge in [-0.25, -0.2) is 9.59 Å².